The standard InChI is InChI=1S/C15H26N2/c1-3-4-5-6-9-14(2)16-13-11-15-10-7-8-12-17-15/h7-8,10,12,14,16H,3-6,9,11,13H2,1-2H3. The number of hydrogen-bond donors (Lipinski definition) is 1. The Morgan fingerprint density at radius 1 is 1.24 bits per heavy atom. The second-order valence-electron chi connectivity index (χ2n) is 4.78. The number of pyridine rings is 1. The first kappa shape index (κ1) is 14.2. The third-order valence-electron chi connectivity index (χ3n) is 3.09. The number of rotatable bonds is 9. The van der Waals surface area contributed by atoms with Gasteiger partial charge in [-0.3, -0.25) is 4.98 Å². The Balaban J connectivity index is 2.02. The van der Waals surface area contributed by atoms with E-state index in [2.05, 4.69) is 36.3 Å². The number of unbranched alkanes of at least 4 members (excludes halogenated alkanes) is 3. The first-order valence-electron chi connectivity index (χ1n) is 6.96. The molecular formula is C15H26N2. The molecule has 1 aromatic rings. The van der Waals surface area contributed by atoms with Gasteiger partial charge < -0.3 is 5.32 Å². The van der Waals surface area contributed by atoms with Crippen LogP contribution in [0.15, 0.2) is 24.4 Å². The van der Waals surface area contributed by atoms with E-state index in [-0.39, 0.29) is 0 Å². The van der Waals surface area contributed by atoms with Gasteiger partial charge in [-0.1, -0.05) is 38.7 Å². The molecule has 0 bridgehead atoms. The molecular weight excluding hydrogens is 208 g/mol. The van der Waals surface area contributed by atoms with E-state index in [0.29, 0.717) is 6.04 Å². The van der Waals surface area contributed by atoms with Crippen molar-refractivity contribution < 1.29 is 0 Å². The minimum atomic E-state index is 0.635. The molecule has 0 aliphatic rings. The highest BCUT2D eigenvalue weighted by atomic mass is 14.9. The van der Waals surface area contributed by atoms with Gasteiger partial charge in [0.15, 0.2) is 0 Å². The molecule has 1 aromatic heterocycles. The van der Waals surface area contributed by atoms with Gasteiger partial charge in [0.05, 0.1) is 0 Å². The second kappa shape index (κ2) is 9.17. The summed E-state index contributed by atoms with van der Waals surface area (Å²) in [6.45, 7) is 5.57. The molecule has 1 rings (SSSR count). The molecule has 1 N–H and O–H groups in total. The Morgan fingerprint density at radius 2 is 2.12 bits per heavy atom. The van der Waals surface area contributed by atoms with Gasteiger partial charge in [0.2, 0.25) is 0 Å². The zero-order valence-corrected chi connectivity index (χ0v) is 11.3. The van der Waals surface area contributed by atoms with Crippen LogP contribution < -0.4 is 5.32 Å². The van der Waals surface area contributed by atoms with Gasteiger partial charge in [0.25, 0.3) is 0 Å². The molecule has 0 radical (unpaired) electrons. The third kappa shape index (κ3) is 7.11. The van der Waals surface area contributed by atoms with Gasteiger partial charge >= 0.3 is 0 Å². The maximum atomic E-state index is 4.32. The van der Waals surface area contributed by atoms with E-state index < -0.39 is 0 Å². The molecule has 1 unspecified atom stereocenters. The first-order chi connectivity index (χ1) is 8.33. The summed E-state index contributed by atoms with van der Waals surface area (Å²) in [5.74, 6) is 0. The lowest BCUT2D eigenvalue weighted by Gasteiger charge is -2.13. The second-order valence-corrected chi connectivity index (χ2v) is 4.78. The maximum absolute atomic E-state index is 4.32. The summed E-state index contributed by atoms with van der Waals surface area (Å²) in [5.41, 5.74) is 1.18. The number of nitrogens with zero attached hydrogens (tertiary/aromatic N) is 1. The van der Waals surface area contributed by atoms with Crippen molar-refractivity contribution in [2.24, 2.45) is 0 Å². The molecule has 0 saturated heterocycles. The van der Waals surface area contributed by atoms with Crippen LogP contribution in [-0.2, 0) is 6.42 Å². The number of hydrogen-bond acceptors (Lipinski definition) is 2. The molecule has 0 fully saturated rings. The lowest BCUT2D eigenvalue weighted by Crippen LogP contribution is -2.28. The quantitative estimate of drug-likeness (QED) is 0.661. The van der Waals surface area contributed by atoms with Gasteiger partial charge in [-0.2, -0.15) is 0 Å². The largest absolute Gasteiger partial charge is 0.314 e. The van der Waals surface area contributed by atoms with Crippen LogP contribution in [0.5, 0.6) is 0 Å². The van der Waals surface area contributed by atoms with E-state index in [1.165, 1.54) is 37.8 Å². The highest BCUT2D eigenvalue weighted by Gasteiger charge is 2.01. The molecule has 1 heterocycles. The van der Waals surface area contributed by atoms with Crippen LogP contribution in [0.1, 0.15) is 51.6 Å². The average Bonchev–Trinajstić information content (AvgIpc) is 2.36. The molecule has 2 nitrogen and oxygen atoms in total. The summed E-state index contributed by atoms with van der Waals surface area (Å²) in [6.07, 6.45) is 9.61. The lowest BCUT2D eigenvalue weighted by atomic mass is 10.1. The van der Waals surface area contributed by atoms with Gasteiger partial charge in [-0.05, 0) is 25.5 Å². The van der Waals surface area contributed by atoms with Gasteiger partial charge in [0, 0.05) is 30.9 Å². The number of nitrogens with one attached hydrogen (secondary N) is 1. The molecule has 1 atom stereocenters. The molecule has 0 amide bonds. The summed E-state index contributed by atoms with van der Waals surface area (Å²) in [5, 5.41) is 3.57. The minimum Gasteiger partial charge on any atom is -0.314 e. The van der Waals surface area contributed by atoms with Crippen LogP contribution in [0, 0.1) is 0 Å². The van der Waals surface area contributed by atoms with Gasteiger partial charge in [0.1, 0.15) is 0 Å². The molecule has 17 heavy (non-hydrogen) atoms. The fourth-order valence-electron chi connectivity index (χ4n) is 1.97. The molecule has 0 aliphatic carbocycles. The van der Waals surface area contributed by atoms with Crippen molar-refractivity contribution in [1.29, 1.82) is 0 Å². The van der Waals surface area contributed by atoms with E-state index >= 15 is 0 Å². The van der Waals surface area contributed by atoms with Crippen LogP contribution in [0.3, 0.4) is 0 Å². The zero-order valence-electron chi connectivity index (χ0n) is 11.3. The van der Waals surface area contributed by atoms with E-state index in [1.54, 1.807) is 0 Å². The Bertz CT molecular complexity index is 272. The van der Waals surface area contributed by atoms with Crippen LogP contribution in [0.25, 0.3) is 0 Å². The molecule has 0 spiro atoms. The molecule has 0 saturated carbocycles. The SMILES string of the molecule is CCCCCCC(C)NCCc1ccccn1. The summed E-state index contributed by atoms with van der Waals surface area (Å²) in [4.78, 5) is 4.32. The highest BCUT2D eigenvalue weighted by molar-refractivity contribution is 5.03. The molecule has 96 valence electrons. The zero-order chi connectivity index (χ0) is 12.3. The fourth-order valence-corrected chi connectivity index (χ4v) is 1.97. The van der Waals surface area contributed by atoms with Crippen LogP contribution >= 0.6 is 0 Å². The predicted octanol–water partition coefficient (Wildman–Crippen LogP) is 3.57. The van der Waals surface area contributed by atoms with E-state index in [0.717, 1.165) is 13.0 Å². The van der Waals surface area contributed by atoms with Gasteiger partial charge in [-0.15, -0.1) is 0 Å². The summed E-state index contributed by atoms with van der Waals surface area (Å²) in [6, 6.07) is 6.74. The molecule has 0 aliphatic heterocycles. The van der Waals surface area contributed by atoms with Crippen molar-refractivity contribution >= 4 is 0 Å². The van der Waals surface area contributed by atoms with E-state index in [4.69, 9.17) is 0 Å². The van der Waals surface area contributed by atoms with Crippen molar-refractivity contribution in [2.75, 3.05) is 6.54 Å². The van der Waals surface area contributed by atoms with Crippen molar-refractivity contribution in [3.63, 3.8) is 0 Å². The topological polar surface area (TPSA) is 24.9 Å². The Hall–Kier alpha value is -0.890. The van der Waals surface area contributed by atoms with Gasteiger partial charge in [-0.25, -0.2) is 0 Å². The van der Waals surface area contributed by atoms with Crippen molar-refractivity contribution in [3.8, 4) is 0 Å². The van der Waals surface area contributed by atoms with Crippen LogP contribution in [0.2, 0.25) is 0 Å². The molecule has 2 heteroatoms. The minimum absolute atomic E-state index is 0.635. The average molecular weight is 234 g/mol. The third-order valence-corrected chi connectivity index (χ3v) is 3.09. The van der Waals surface area contributed by atoms with E-state index in [9.17, 15) is 0 Å². The number of aromatic nitrogens is 1. The normalized spacial score (nSPS) is 12.6. The van der Waals surface area contributed by atoms with Crippen LogP contribution in [-0.4, -0.2) is 17.6 Å². The van der Waals surface area contributed by atoms with Crippen molar-refractivity contribution in [1.82, 2.24) is 10.3 Å². The van der Waals surface area contributed by atoms with Crippen molar-refractivity contribution in [2.45, 2.75) is 58.4 Å². The summed E-state index contributed by atoms with van der Waals surface area (Å²) >= 11 is 0. The summed E-state index contributed by atoms with van der Waals surface area (Å²) < 4.78 is 0. The smallest absolute Gasteiger partial charge is 0.0416 e. The van der Waals surface area contributed by atoms with E-state index in [1.807, 2.05) is 12.3 Å². The highest BCUT2D eigenvalue weighted by Crippen LogP contribution is 2.05. The van der Waals surface area contributed by atoms with Crippen molar-refractivity contribution in [3.05, 3.63) is 30.1 Å². The first-order valence-corrected chi connectivity index (χ1v) is 6.96. The van der Waals surface area contributed by atoms with Crippen LogP contribution in [0.4, 0.5) is 0 Å². The molecule has 0 aromatic carbocycles. The predicted molar refractivity (Wildman–Crippen MR) is 74.2 cm³/mol. The Labute approximate surface area is 106 Å². The lowest BCUT2D eigenvalue weighted by molar-refractivity contribution is 0.485. The summed E-state index contributed by atoms with van der Waals surface area (Å²) in [7, 11) is 0. The maximum Gasteiger partial charge on any atom is 0.0416 e. The fraction of sp³-hybridized carbons (Fsp3) is 0.667. The monoisotopic (exact) mass is 234 g/mol. The Kier molecular flexibility index (Phi) is 7.65. The Morgan fingerprint density at radius 3 is 2.82 bits per heavy atom.